The van der Waals surface area contributed by atoms with Gasteiger partial charge in [0.15, 0.2) is 0 Å². The van der Waals surface area contributed by atoms with Crippen LogP contribution < -0.4 is 10.2 Å². The van der Waals surface area contributed by atoms with Gasteiger partial charge >= 0.3 is 5.97 Å². The van der Waals surface area contributed by atoms with Gasteiger partial charge in [0.25, 0.3) is 0 Å². The van der Waals surface area contributed by atoms with Crippen LogP contribution in [0, 0.1) is 5.92 Å². The molecule has 0 amide bonds. The maximum absolute atomic E-state index is 12.2. The van der Waals surface area contributed by atoms with Gasteiger partial charge in [-0.15, -0.1) is 0 Å². The standard InChI is InChI=1S/C36H45N5O2/c1-5-30-33(10-6-9-31(36(42)43)24(2)22-25-11-18-29(19-12-25)41(3)4)38-23-39-34(30)27-15-13-26(14-16-27)32-20-17-28-8-7-21-37-35(28)40-32/h6,10-12,17-20,23,26-27,31H,2,5,7-9,13-16,21-22H2,1,3-4H3,(H,37,40)(H,42,43)/b10-6-/t26?,27?,31-/m1/s1. The van der Waals surface area contributed by atoms with Crippen LogP contribution in [-0.2, 0) is 24.1 Å². The van der Waals surface area contributed by atoms with Crippen molar-refractivity contribution in [1.29, 1.82) is 0 Å². The van der Waals surface area contributed by atoms with Crippen LogP contribution in [0.5, 0.6) is 0 Å². The first-order valence-electron chi connectivity index (χ1n) is 15.7. The van der Waals surface area contributed by atoms with E-state index in [4.69, 9.17) is 9.97 Å². The molecule has 0 bridgehead atoms. The van der Waals surface area contributed by atoms with E-state index >= 15 is 0 Å². The number of nitrogens with one attached hydrogen (secondary N) is 1. The first-order valence-corrected chi connectivity index (χ1v) is 15.7. The molecular weight excluding hydrogens is 534 g/mol. The second-order valence-corrected chi connectivity index (χ2v) is 12.2. The van der Waals surface area contributed by atoms with Crippen molar-refractivity contribution in [2.45, 2.75) is 76.5 Å². The summed E-state index contributed by atoms with van der Waals surface area (Å²) in [6, 6.07) is 12.7. The molecular formula is C36H45N5O2. The van der Waals surface area contributed by atoms with Gasteiger partial charge in [0.05, 0.1) is 17.3 Å². The first kappa shape index (κ1) is 30.5. The molecule has 0 unspecified atom stereocenters. The first-order chi connectivity index (χ1) is 20.8. The molecule has 1 aromatic carbocycles. The quantitative estimate of drug-likeness (QED) is 0.232. The fourth-order valence-corrected chi connectivity index (χ4v) is 6.59. The van der Waals surface area contributed by atoms with E-state index in [1.807, 2.05) is 55.4 Å². The fourth-order valence-electron chi connectivity index (χ4n) is 6.59. The lowest BCUT2D eigenvalue weighted by molar-refractivity contribution is -0.140. The number of aromatic nitrogens is 3. The Balaban J connectivity index is 1.22. The number of nitrogens with zero attached hydrogens (tertiary/aromatic N) is 4. The minimum absolute atomic E-state index is 0.375. The predicted molar refractivity (Wildman–Crippen MR) is 175 cm³/mol. The summed E-state index contributed by atoms with van der Waals surface area (Å²) in [4.78, 5) is 28.6. The molecule has 0 radical (unpaired) electrons. The average Bonchev–Trinajstić information content (AvgIpc) is 3.02. The minimum atomic E-state index is -0.848. The summed E-state index contributed by atoms with van der Waals surface area (Å²) in [6.45, 7) is 7.32. The monoisotopic (exact) mass is 579 g/mol. The molecule has 0 spiro atoms. The Morgan fingerprint density at radius 3 is 2.53 bits per heavy atom. The highest BCUT2D eigenvalue weighted by Crippen LogP contribution is 2.41. The van der Waals surface area contributed by atoms with Crippen LogP contribution in [0.3, 0.4) is 0 Å². The van der Waals surface area contributed by atoms with Crippen molar-refractivity contribution in [3.63, 3.8) is 0 Å². The summed E-state index contributed by atoms with van der Waals surface area (Å²) in [5.41, 5.74) is 8.65. The van der Waals surface area contributed by atoms with Crippen LogP contribution >= 0.6 is 0 Å². The van der Waals surface area contributed by atoms with E-state index in [2.05, 4.69) is 35.9 Å². The number of allylic oxidation sites excluding steroid dienone is 1. The normalized spacial score (nSPS) is 19.0. The van der Waals surface area contributed by atoms with Crippen LogP contribution in [0.15, 0.2) is 61.0 Å². The zero-order valence-electron chi connectivity index (χ0n) is 25.9. The van der Waals surface area contributed by atoms with E-state index in [-0.39, 0.29) is 0 Å². The summed E-state index contributed by atoms with van der Waals surface area (Å²) in [5.74, 6) is 0.475. The Morgan fingerprint density at radius 2 is 1.84 bits per heavy atom. The number of benzene rings is 1. The van der Waals surface area contributed by atoms with E-state index in [0.717, 1.165) is 73.5 Å². The molecule has 43 heavy (non-hydrogen) atoms. The number of hydrogen-bond acceptors (Lipinski definition) is 6. The molecule has 1 fully saturated rings. The van der Waals surface area contributed by atoms with Gasteiger partial charge in [-0.3, -0.25) is 4.79 Å². The molecule has 3 aromatic rings. The Morgan fingerprint density at radius 1 is 1.09 bits per heavy atom. The molecule has 2 aliphatic rings. The number of carboxylic acid groups (broad SMARTS) is 1. The molecule has 226 valence electrons. The SMILES string of the molecule is C=C(Cc1ccc(N(C)C)cc1)[C@@H](C/C=C\c1ncnc(C2CCC(c3ccc4c(n3)NCCC4)CC2)c1CC)C(=O)O. The van der Waals surface area contributed by atoms with Crippen molar-refractivity contribution < 1.29 is 9.90 Å². The Labute approximate surface area is 256 Å². The number of hydrogen-bond donors (Lipinski definition) is 2. The topological polar surface area (TPSA) is 91.2 Å². The second kappa shape index (κ2) is 14.0. The Kier molecular flexibility index (Phi) is 9.90. The van der Waals surface area contributed by atoms with Gasteiger partial charge in [-0.05, 0) is 98.8 Å². The summed E-state index contributed by atoms with van der Waals surface area (Å²) < 4.78 is 0. The summed E-state index contributed by atoms with van der Waals surface area (Å²) in [6.07, 6.45) is 14.0. The number of carboxylic acids is 1. The molecule has 7 heteroatoms. The van der Waals surface area contributed by atoms with Gasteiger partial charge in [-0.25, -0.2) is 15.0 Å². The van der Waals surface area contributed by atoms with Crippen molar-refractivity contribution in [2.75, 3.05) is 30.9 Å². The molecule has 1 aliphatic carbocycles. The number of carbonyl (C=O) groups is 1. The van der Waals surface area contributed by atoms with Crippen molar-refractivity contribution >= 4 is 23.6 Å². The molecule has 2 N–H and O–H groups in total. The average molecular weight is 580 g/mol. The number of rotatable bonds is 11. The third kappa shape index (κ3) is 7.32. The van der Waals surface area contributed by atoms with Gasteiger partial charge in [0.1, 0.15) is 12.1 Å². The molecule has 1 aliphatic heterocycles. The van der Waals surface area contributed by atoms with Gasteiger partial charge in [-0.2, -0.15) is 0 Å². The highest BCUT2D eigenvalue weighted by molar-refractivity contribution is 5.74. The van der Waals surface area contributed by atoms with Crippen molar-refractivity contribution in [3.8, 4) is 0 Å². The molecule has 5 rings (SSSR count). The van der Waals surface area contributed by atoms with Crippen molar-refractivity contribution in [1.82, 2.24) is 15.0 Å². The fraction of sp³-hybridized carbons (Fsp3) is 0.444. The van der Waals surface area contributed by atoms with E-state index in [9.17, 15) is 9.90 Å². The minimum Gasteiger partial charge on any atom is -0.481 e. The summed E-state index contributed by atoms with van der Waals surface area (Å²) >= 11 is 0. The molecule has 0 saturated heterocycles. The van der Waals surface area contributed by atoms with Gasteiger partial charge in [0, 0.05) is 43.9 Å². The molecule has 1 saturated carbocycles. The Hall–Kier alpha value is -4.00. The zero-order chi connectivity index (χ0) is 30.3. The zero-order valence-corrected chi connectivity index (χ0v) is 25.9. The maximum Gasteiger partial charge on any atom is 0.310 e. The van der Waals surface area contributed by atoms with E-state index in [1.54, 1.807) is 6.33 Å². The smallest absolute Gasteiger partial charge is 0.310 e. The maximum atomic E-state index is 12.2. The lowest BCUT2D eigenvalue weighted by Crippen LogP contribution is -2.18. The number of aliphatic carboxylic acids is 1. The van der Waals surface area contributed by atoms with Crippen LogP contribution in [-0.4, -0.2) is 46.7 Å². The van der Waals surface area contributed by atoms with Crippen molar-refractivity contribution in [3.05, 3.63) is 94.7 Å². The van der Waals surface area contributed by atoms with Gasteiger partial charge in [0.2, 0.25) is 0 Å². The lowest BCUT2D eigenvalue weighted by Gasteiger charge is -2.30. The van der Waals surface area contributed by atoms with Gasteiger partial charge in [-0.1, -0.05) is 43.4 Å². The summed E-state index contributed by atoms with van der Waals surface area (Å²) in [7, 11) is 4.00. The number of aryl methyl sites for hydroxylation is 1. The van der Waals surface area contributed by atoms with Crippen molar-refractivity contribution in [2.24, 2.45) is 5.92 Å². The highest BCUT2D eigenvalue weighted by Gasteiger charge is 2.28. The third-order valence-corrected chi connectivity index (χ3v) is 9.14. The van der Waals surface area contributed by atoms with Crippen LogP contribution in [0.1, 0.15) is 91.1 Å². The number of pyridine rings is 1. The Bertz CT molecular complexity index is 1450. The van der Waals surface area contributed by atoms with Crippen LogP contribution in [0.25, 0.3) is 6.08 Å². The molecule has 7 nitrogen and oxygen atoms in total. The van der Waals surface area contributed by atoms with Crippen LogP contribution in [0.2, 0.25) is 0 Å². The molecule has 2 aromatic heterocycles. The third-order valence-electron chi connectivity index (χ3n) is 9.14. The lowest BCUT2D eigenvalue weighted by atomic mass is 9.77. The predicted octanol–water partition coefficient (Wildman–Crippen LogP) is 7.20. The summed E-state index contributed by atoms with van der Waals surface area (Å²) in [5, 5.41) is 13.5. The second-order valence-electron chi connectivity index (χ2n) is 12.2. The van der Waals surface area contributed by atoms with E-state index < -0.39 is 11.9 Å². The van der Waals surface area contributed by atoms with E-state index in [0.29, 0.717) is 30.3 Å². The number of anilines is 2. The van der Waals surface area contributed by atoms with E-state index in [1.165, 1.54) is 23.2 Å². The molecule has 1 atom stereocenters. The number of fused-ring (bicyclic) bond motifs is 1. The van der Waals surface area contributed by atoms with Gasteiger partial charge < -0.3 is 15.3 Å². The largest absolute Gasteiger partial charge is 0.481 e. The highest BCUT2D eigenvalue weighted by atomic mass is 16.4. The van der Waals surface area contributed by atoms with Crippen LogP contribution in [0.4, 0.5) is 11.5 Å². The molecule has 3 heterocycles.